The summed E-state index contributed by atoms with van der Waals surface area (Å²) >= 11 is 0. The van der Waals surface area contributed by atoms with Gasteiger partial charge in [0, 0.05) is 12.6 Å². The van der Waals surface area contributed by atoms with E-state index in [2.05, 4.69) is 17.3 Å². The van der Waals surface area contributed by atoms with Crippen molar-refractivity contribution in [2.45, 2.75) is 58.0 Å². The van der Waals surface area contributed by atoms with Gasteiger partial charge >= 0.3 is 0 Å². The van der Waals surface area contributed by atoms with Crippen LogP contribution >= 0.6 is 0 Å². The molecular weight excluding hydrogens is 242 g/mol. The Hall–Kier alpha value is -1.52. The van der Waals surface area contributed by atoms with Crippen molar-refractivity contribution in [3.63, 3.8) is 0 Å². The number of rotatable bonds is 6. The van der Waals surface area contributed by atoms with E-state index >= 15 is 0 Å². The lowest BCUT2D eigenvalue weighted by Crippen LogP contribution is -2.38. The molecule has 1 aromatic rings. The van der Waals surface area contributed by atoms with E-state index < -0.39 is 0 Å². The number of aryl methyl sites for hydroxylation is 1. The topological polar surface area (TPSA) is 56.1 Å². The maximum atomic E-state index is 11.8. The smallest absolute Gasteiger partial charge is 0.258 e. The van der Waals surface area contributed by atoms with E-state index in [0.29, 0.717) is 11.8 Å². The highest BCUT2D eigenvalue weighted by Gasteiger charge is 2.15. The lowest BCUT2D eigenvalue weighted by Gasteiger charge is -2.22. The van der Waals surface area contributed by atoms with Gasteiger partial charge in [-0.3, -0.25) is 9.48 Å². The first-order valence-corrected chi connectivity index (χ1v) is 7.22. The van der Waals surface area contributed by atoms with Gasteiger partial charge in [-0.25, -0.2) is 0 Å². The Kier molecular flexibility index (Phi) is 5.24. The Morgan fingerprint density at radius 2 is 2.26 bits per heavy atom. The van der Waals surface area contributed by atoms with Crippen molar-refractivity contribution >= 4 is 5.91 Å². The van der Waals surface area contributed by atoms with Gasteiger partial charge in [0.1, 0.15) is 0 Å². The van der Waals surface area contributed by atoms with Gasteiger partial charge in [-0.15, -0.1) is 0 Å². The maximum Gasteiger partial charge on any atom is 0.258 e. The van der Waals surface area contributed by atoms with E-state index in [0.717, 1.165) is 25.8 Å². The van der Waals surface area contributed by atoms with Crippen LogP contribution in [0.5, 0.6) is 5.75 Å². The first-order chi connectivity index (χ1) is 9.28. The number of hydrogen-bond donors (Lipinski definition) is 1. The van der Waals surface area contributed by atoms with E-state index in [1.54, 1.807) is 6.20 Å². The molecule has 1 aromatic heterocycles. The van der Waals surface area contributed by atoms with E-state index in [4.69, 9.17) is 4.74 Å². The lowest BCUT2D eigenvalue weighted by atomic mass is 9.95. The number of carbonyl (C=O) groups excluding carboxylic acids is 1. The summed E-state index contributed by atoms with van der Waals surface area (Å²) in [6.45, 7) is 3.05. The van der Waals surface area contributed by atoms with Crippen LogP contribution in [0.1, 0.15) is 45.4 Å². The summed E-state index contributed by atoms with van der Waals surface area (Å²) in [7, 11) is 0. The molecule has 1 aliphatic carbocycles. The van der Waals surface area contributed by atoms with Crippen LogP contribution in [-0.2, 0) is 11.3 Å². The van der Waals surface area contributed by atoms with Gasteiger partial charge in [0.15, 0.2) is 12.4 Å². The van der Waals surface area contributed by atoms with E-state index in [1.807, 2.05) is 10.9 Å². The number of carbonyl (C=O) groups is 1. The van der Waals surface area contributed by atoms with E-state index in [-0.39, 0.29) is 12.5 Å². The SMILES string of the molecule is CCCn1cc(OCC(=O)NC2CCCCC2)cn1. The molecule has 1 heterocycles. The average molecular weight is 265 g/mol. The van der Waals surface area contributed by atoms with Crippen LogP contribution < -0.4 is 10.1 Å². The van der Waals surface area contributed by atoms with Gasteiger partial charge in [-0.1, -0.05) is 26.2 Å². The van der Waals surface area contributed by atoms with Gasteiger partial charge in [0.05, 0.1) is 12.4 Å². The minimum Gasteiger partial charge on any atom is -0.480 e. The summed E-state index contributed by atoms with van der Waals surface area (Å²) < 4.78 is 7.27. The van der Waals surface area contributed by atoms with Crippen LogP contribution in [0.4, 0.5) is 0 Å². The van der Waals surface area contributed by atoms with Crippen molar-refractivity contribution in [3.8, 4) is 5.75 Å². The van der Waals surface area contributed by atoms with Crippen molar-refractivity contribution in [1.29, 1.82) is 0 Å². The molecule has 5 heteroatoms. The average Bonchev–Trinajstić information content (AvgIpc) is 2.86. The lowest BCUT2D eigenvalue weighted by molar-refractivity contribution is -0.124. The van der Waals surface area contributed by atoms with Gasteiger partial charge in [0.25, 0.3) is 5.91 Å². The molecule has 0 atom stereocenters. The number of ether oxygens (including phenoxy) is 1. The molecule has 1 N–H and O–H groups in total. The highest BCUT2D eigenvalue weighted by Crippen LogP contribution is 2.17. The van der Waals surface area contributed by atoms with Crippen LogP contribution in [0.2, 0.25) is 0 Å². The summed E-state index contributed by atoms with van der Waals surface area (Å²) in [6.07, 6.45) is 10.4. The molecule has 0 aliphatic heterocycles. The molecule has 0 bridgehead atoms. The largest absolute Gasteiger partial charge is 0.480 e. The van der Waals surface area contributed by atoms with Crippen LogP contribution in [0.3, 0.4) is 0 Å². The zero-order chi connectivity index (χ0) is 13.5. The molecule has 1 saturated carbocycles. The number of nitrogens with zero attached hydrogens (tertiary/aromatic N) is 2. The fraction of sp³-hybridized carbons (Fsp3) is 0.714. The predicted molar refractivity (Wildman–Crippen MR) is 73.0 cm³/mol. The summed E-state index contributed by atoms with van der Waals surface area (Å²) in [5, 5.41) is 7.19. The fourth-order valence-electron chi connectivity index (χ4n) is 2.44. The Balaban J connectivity index is 1.69. The van der Waals surface area contributed by atoms with Gasteiger partial charge in [0.2, 0.25) is 0 Å². The van der Waals surface area contributed by atoms with Gasteiger partial charge in [-0.2, -0.15) is 5.10 Å². The number of nitrogens with one attached hydrogen (secondary N) is 1. The molecule has 5 nitrogen and oxygen atoms in total. The van der Waals surface area contributed by atoms with Crippen molar-refractivity contribution in [1.82, 2.24) is 15.1 Å². The molecule has 1 fully saturated rings. The molecule has 0 unspecified atom stereocenters. The molecule has 0 spiro atoms. The van der Waals surface area contributed by atoms with E-state index in [1.165, 1.54) is 19.3 Å². The summed E-state index contributed by atoms with van der Waals surface area (Å²) in [5.74, 6) is 0.627. The van der Waals surface area contributed by atoms with Crippen LogP contribution in [-0.4, -0.2) is 28.3 Å². The molecule has 1 aliphatic rings. The van der Waals surface area contributed by atoms with Crippen molar-refractivity contribution in [2.24, 2.45) is 0 Å². The molecule has 0 aromatic carbocycles. The van der Waals surface area contributed by atoms with Crippen molar-refractivity contribution in [2.75, 3.05) is 6.61 Å². The normalized spacial score (nSPS) is 16.3. The Bertz CT molecular complexity index is 397. The highest BCUT2D eigenvalue weighted by atomic mass is 16.5. The zero-order valence-electron chi connectivity index (χ0n) is 11.6. The second-order valence-electron chi connectivity index (χ2n) is 5.13. The number of aromatic nitrogens is 2. The predicted octanol–water partition coefficient (Wildman–Crippen LogP) is 2.12. The molecule has 2 rings (SSSR count). The van der Waals surface area contributed by atoms with Crippen molar-refractivity contribution in [3.05, 3.63) is 12.4 Å². The molecule has 0 saturated heterocycles. The summed E-state index contributed by atoms with van der Waals surface area (Å²) in [5.41, 5.74) is 0. The monoisotopic (exact) mass is 265 g/mol. The zero-order valence-corrected chi connectivity index (χ0v) is 11.6. The minimum absolute atomic E-state index is 0.0323. The second kappa shape index (κ2) is 7.16. The molecule has 0 radical (unpaired) electrons. The Labute approximate surface area is 114 Å². The second-order valence-corrected chi connectivity index (χ2v) is 5.13. The summed E-state index contributed by atoms with van der Waals surface area (Å²) in [4.78, 5) is 11.8. The molecular formula is C14H23N3O2. The number of hydrogen-bond acceptors (Lipinski definition) is 3. The highest BCUT2D eigenvalue weighted by molar-refractivity contribution is 5.77. The van der Waals surface area contributed by atoms with Crippen LogP contribution in [0, 0.1) is 0 Å². The van der Waals surface area contributed by atoms with Gasteiger partial charge in [-0.05, 0) is 19.3 Å². The maximum absolute atomic E-state index is 11.8. The van der Waals surface area contributed by atoms with Crippen molar-refractivity contribution < 1.29 is 9.53 Å². The van der Waals surface area contributed by atoms with Gasteiger partial charge < -0.3 is 10.1 Å². The molecule has 1 amide bonds. The minimum atomic E-state index is -0.0323. The Morgan fingerprint density at radius 3 is 3.00 bits per heavy atom. The number of amides is 1. The molecule has 106 valence electrons. The standard InChI is InChI=1S/C14H23N3O2/c1-2-8-17-10-13(9-15-17)19-11-14(18)16-12-6-4-3-5-7-12/h9-10,12H,2-8,11H2,1H3,(H,16,18). The van der Waals surface area contributed by atoms with Crippen LogP contribution in [0.15, 0.2) is 12.4 Å². The third-order valence-electron chi connectivity index (χ3n) is 3.40. The Morgan fingerprint density at radius 1 is 1.47 bits per heavy atom. The van der Waals surface area contributed by atoms with Crippen LogP contribution in [0.25, 0.3) is 0 Å². The fourth-order valence-corrected chi connectivity index (χ4v) is 2.44. The quantitative estimate of drug-likeness (QED) is 0.857. The summed E-state index contributed by atoms with van der Waals surface area (Å²) in [6, 6.07) is 0.340. The van der Waals surface area contributed by atoms with E-state index in [9.17, 15) is 4.79 Å². The third-order valence-corrected chi connectivity index (χ3v) is 3.40. The first kappa shape index (κ1) is 13.9. The third kappa shape index (κ3) is 4.58. The molecule has 19 heavy (non-hydrogen) atoms. The first-order valence-electron chi connectivity index (χ1n) is 7.22.